The van der Waals surface area contributed by atoms with Crippen LogP contribution in [0.4, 0.5) is 0 Å². The van der Waals surface area contributed by atoms with Crippen LogP contribution in [0.2, 0.25) is 0 Å². The summed E-state index contributed by atoms with van der Waals surface area (Å²) in [4.78, 5) is 13.6. The second-order valence-electron chi connectivity index (χ2n) is 6.55. The minimum absolute atomic E-state index is 0.261. The van der Waals surface area contributed by atoms with E-state index in [0.717, 1.165) is 30.9 Å². The second kappa shape index (κ2) is 5.22. The number of nitrogens with one attached hydrogen (secondary N) is 1. The number of hydrogen-bond acceptors (Lipinski definition) is 4. The Labute approximate surface area is 125 Å². The number of hydrogen-bond donors (Lipinski definition) is 1. The molecule has 0 saturated heterocycles. The molecule has 1 aliphatic carbocycles. The van der Waals surface area contributed by atoms with Crippen molar-refractivity contribution in [2.24, 2.45) is 5.41 Å². The summed E-state index contributed by atoms with van der Waals surface area (Å²) in [5, 5.41) is 3.39. The lowest BCUT2D eigenvalue weighted by Gasteiger charge is -2.36. The molecular weight excluding hydrogens is 262 g/mol. The molecule has 1 atom stereocenters. The highest BCUT2D eigenvalue weighted by Crippen LogP contribution is 2.39. The average Bonchev–Trinajstić information content (AvgIpc) is 2.93. The molecule has 0 bridgehead atoms. The van der Waals surface area contributed by atoms with Crippen molar-refractivity contribution in [1.82, 2.24) is 24.8 Å². The predicted molar refractivity (Wildman–Crippen MR) is 82.8 cm³/mol. The molecule has 0 spiro atoms. The molecule has 0 radical (unpaired) electrons. The third-order valence-corrected chi connectivity index (χ3v) is 4.31. The van der Waals surface area contributed by atoms with Crippen LogP contribution in [0.25, 0.3) is 11.5 Å². The summed E-state index contributed by atoms with van der Waals surface area (Å²) >= 11 is 0. The quantitative estimate of drug-likeness (QED) is 0.941. The Kier molecular flexibility index (Phi) is 3.53. The predicted octanol–water partition coefficient (Wildman–Crippen LogP) is 2.59. The first-order valence-corrected chi connectivity index (χ1v) is 7.57. The highest BCUT2D eigenvalue weighted by atomic mass is 15.1. The molecule has 3 rings (SSSR count). The first kappa shape index (κ1) is 14.2. The molecule has 5 heteroatoms. The zero-order valence-corrected chi connectivity index (χ0v) is 13.2. The molecule has 2 aromatic heterocycles. The maximum Gasteiger partial charge on any atom is 0.178 e. The Morgan fingerprint density at radius 2 is 2.19 bits per heavy atom. The maximum absolute atomic E-state index is 4.85. The van der Waals surface area contributed by atoms with Gasteiger partial charge in [-0.25, -0.2) is 15.0 Å². The lowest BCUT2D eigenvalue weighted by molar-refractivity contribution is 0.260. The summed E-state index contributed by atoms with van der Waals surface area (Å²) in [6, 6.07) is 0.342. The molecule has 0 aromatic carbocycles. The summed E-state index contributed by atoms with van der Waals surface area (Å²) in [5.74, 6) is 0.778. The van der Waals surface area contributed by atoms with E-state index in [2.05, 4.69) is 40.6 Å². The summed E-state index contributed by atoms with van der Waals surface area (Å²) < 4.78 is 2.07. The van der Waals surface area contributed by atoms with Crippen molar-refractivity contribution in [2.75, 3.05) is 7.05 Å². The van der Waals surface area contributed by atoms with Gasteiger partial charge in [-0.05, 0) is 32.2 Å². The largest absolute Gasteiger partial charge is 0.328 e. The second-order valence-corrected chi connectivity index (χ2v) is 6.55. The van der Waals surface area contributed by atoms with Crippen LogP contribution in [0, 0.1) is 5.41 Å². The van der Waals surface area contributed by atoms with E-state index in [9.17, 15) is 0 Å². The highest BCUT2D eigenvalue weighted by Gasteiger charge is 2.33. The smallest absolute Gasteiger partial charge is 0.178 e. The molecule has 2 heterocycles. The summed E-state index contributed by atoms with van der Waals surface area (Å²) in [5.41, 5.74) is 3.66. The highest BCUT2D eigenvalue weighted by molar-refractivity contribution is 5.49. The molecule has 0 aliphatic heterocycles. The lowest BCUT2D eigenvalue weighted by Crippen LogP contribution is -2.32. The first-order chi connectivity index (χ1) is 10.0. The topological polar surface area (TPSA) is 55.6 Å². The van der Waals surface area contributed by atoms with Crippen LogP contribution in [0.1, 0.15) is 44.5 Å². The van der Waals surface area contributed by atoms with Crippen molar-refractivity contribution in [3.8, 4) is 11.5 Å². The van der Waals surface area contributed by atoms with Crippen molar-refractivity contribution in [3.05, 3.63) is 30.0 Å². The molecule has 112 valence electrons. The van der Waals surface area contributed by atoms with Crippen molar-refractivity contribution in [1.29, 1.82) is 0 Å². The third kappa shape index (κ3) is 2.58. The molecule has 0 amide bonds. The van der Waals surface area contributed by atoms with Gasteiger partial charge in [0, 0.05) is 30.0 Å². The molecular formula is C16H23N5. The fourth-order valence-electron chi connectivity index (χ4n) is 3.19. The number of imidazole rings is 1. The summed E-state index contributed by atoms with van der Waals surface area (Å²) in [7, 11) is 2.01. The monoisotopic (exact) mass is 285 g/mol. The van der Waals surface area contributed by atoms with Gasteiger partial charge in [0.15, 0.2) is 5.82 Å². The normalized spacial score (nSPS) is 20.3. The van der Waals surface area contributed by atoms with Gasteiger partial charge in [-0.15, -0.1) is 0 Å². The van der Waals surface area contributed by atoms with E-state index in [-0.39, 0.29) is 5.41 Å². The van der Waals surface area contributed by atoms with E-state index in [1.807, 2.05) is 25.8 Å². The van der Waals surface area contributed by atoms with Gasteiger partial charge in [0.05, 0.1) is 12.5 Å². The number of aromatic nitrogens is 4. The van der Waals surface area contributed by atoms with E-state index in [0.29, 0.717) is 6.04 Å². The summed E-state index contributed by atoms with van der Waals surface area (Å²) in [6.07, 6.45) is 7.77. The van der Waals surface area contributed by atoms with Gasteiger partial charge in [0.25, 0.3) is 0 Å². The number of aryl methyl sites for hydroxylation is 1. The molecule has 1 N–H and O–H groups in total. The van der Waals surface area contributed by atoms with Crippen molar-refractivity contribution in [3.63, 3.8) is 0 Å². The van der Waals surface area contributed by atoms with Crippen LogP contribution in [0.15, 0.2) is 18.7 Å². The molecule has 2 aromatic rings. The van der Waals surface area contributed by atoms with Crippen LogP contribution in [0.5, 0.6) is 0 Å². The van der Waals surface area contributed by atoms with Gasteiger partial charge in [-0.2, -0.15) is 0 Å². The molecule has 0 saturated carbocycles. The van der Waals surface area contributed by atoms with Gasteiger partial charge >= 0.3 is 0 Å². The molecule has 21 heavy (non-hydrogen) atoms. The van der Waals surface area contributed by atoms with Crippen molar-refractivity contribution in [2.45, 2.75) is 46.2 Å². The van der Waals surface area contributed by atoms with Gasteiger partial charge in [-0.3, -0.25) is 0 Å². The van der Waals surface area contributed by atoms with Crippen LogP contribution in [-0.2, 0) is 13.0 Å². The Bertz CT molecular complexity index is 644. The van der Waals surface area contributed by atoms with E-state index in [4.69, 9.17) is 4.98 Å². The van der Waals surface area contributed by atoms with E-state index >= 15 is 0 Å². The van der Waals surface area contributed by atoms with E-state index in [1.165, 1.54) is 11.3 Å². The number of nitrogens with zero attached hydrogens (tertiary/aromatic N) is 4. The van der Waals surface area contributed by atoms with Crippen LogP contribution in [0.3, 0.4) is 0 Å². The first-order valence-electron chi connectivity index (χ1n) is 7.57. The lowest BCUT2D eigenvalue weighted by atomic mass is 9.74. The SMILES string of the molecule is CCn1cncc1-c1ncc2c(n1)CC(C)(C)CC2NC. The molecule has 0 fully saturated rings. The Morgan fingerprint density at radius 3 is 2.90 bits per heavy atom. The Balaban J connectivity index is 2.05. The molecule has 5 nitrogen and oxygen atoms in total. The van der Waals surface area contributed by atoms with Crippen LogP contribution >= 0.6 is 0 Å². The average molecular weight is 285 g/mol. The zero-order chi connectivity index (χ0) is 15.0. The fourth-order valence-corrected chi connectivity index (χ4v) is 3.19. The number of rotatable bonds is 3. The Morgan fingerprint density at radius 1 is 1.38 bits per heavy atom. The third-order valence-electron chi connectivity index (χ3n) is 4.31. The standard InChI is InChI=1S/C16H23N5/c1-5-21-10-18-9-14(21)15-19-8-11-12(17-4)6-16(2,3)7-13(11)20-15/h8-10,12,17H,5-7H2,1-4H3. The minimum Gasteiger partial charge on any atom is -0.328 e. The van der Waals surface area contributed by atoms with Crippen molar-refractivity contribution < 1.29 is 0 Å². The number of fused-ring (bicyclic) bond motifs is 1. The van der Waals surface area contributed by atoms with Crippen LogP contribution < -0.4 is 5.32 Å². The molecule has 1 aliphatic rings. The van der Waals surface area contributed by atoms with Gasteiger partial charge < -0.3 is 9.88 Å². The maximum atomic E-state index is 4.85. The van der Waals surface area contributed by atoms with Crippen molar-refractivity contribution >= 4 is 0 Å². The molecule has 1 unspecified atom stereocenters. The van der Waals surface area contributed by atoms with E-state index < -0.39 is 0 Å². The fraction of sp³-hybridized carbons (Fsp3) is 0.562. The zero-order valence-electron chi connectivity index (χ0n) is 13.2. The minimum atomic E-state index is 0.261. The Hall–Kier alpha value is -1.75. The van der Waals surface area contributed by atoms with Gasteiger partial charge in [0.2, 0.25) is 0 Å². The van der Waals surface area contributed by atoms with Crippen LogP contribution in [-0.4, -0.2) is 26.6 Å². The van der Waals surface area contributed by atoms with Gasteiger partial charge in [0.1, 0.15) is 5.69 Å². The van der Waals surface area contributed by atoms with E-state index in [1.54, 1.807) is 0 Å². The van der Waals surface area contributed by atoms with Gasteiger partial charge in [-0.1, -0.05) is 13.8 Å². The summed E-state index contributed by atoms with van der Waals surface area (Å²) in [6.45, 7) is 7.58.